The van der Waals surface area contributed by atoms with Gasteiger partial charge in [-0.1, -0.05) is 181 Å². The molecule has 68 heavy (non-hydrogen) atoms. The van der Waals surface area contributed by atoms with E-state index in [1.165, 1.54) is 122 Å². The Morgan fingerprint density at radius 2 is 0.750 bits per heavy atom. The van der Waals surface area contributed by atoms with Gasteiger partial charge in [-0.3, -0.25) is 0 Å². The molecule has 2 heteroatoms. The third kappa shape index (κ3) is 5.32. The van der Waals surface area contributed by atoms with Gasteiger partial charge < -0.3 is 4.40 Å². The fourth-order valence-corrected chi connectivity index (χ4v) is 12.8. The van der Waals surface area contributed by atoms with Crippen LogP contribution in [0.1, 0.15) is 74.9 Å². The molecule has 0 amide bonds. The van der Waals surface area contributed by atoms with Gasteiger partial charge in [0.1, 0.15) is 5.65 Å². The number of rotatable bonds is 4. The lowest BCUT2D eigenvalue weighted by molar-refractivity contribution is 0.660. The molecule has 2 aromatic heterocycles. The molecule has 0 spiro atoms. The van der Waals surface area contributed by atoms with Gasteiger partial charge in [-0.2, -0.15) is 0 Å². The van der Waals surface area contributed by atoms with Crippen molar-refractivity contribution in [3.63, 3.8) is 0 Å². The van der Waals surface area contributed by atoms with Crippen LogP contribution >= 0.6 is 0 Å². The Morgan fingerprint density at radius 3 is 1.34 bits per heavy atom. The van der Waals surface area contributed by atoms with Gasteiger partial charge in [0, 0.05) is 34.2 Å². The second-order valence-electron chi connectivity index (χ2n) is 21.2. The molecule has 0 N–H and O–H groups in total. The lowest BCUT2D eigenvalue weighted by atomic mass is 9.77. The summed E-state index contributed by atoms with van der Waals surface area (Å²) in [4.78, 5) is 4.89. The van der Waals surface area contributed by atoms with E-state index >= 15 is 0 Å². The predicted octanol–water partition coefficient (Wildman–Crippen LogP) is 17.2. The first kappa shape index (κ1) is 39.4. The van der Waals surface area contributed by atoms with Crippen LogP contribution < -0.4 is 0 Å². The Labute approximate surface area is 398 Å². The van der Waals surface area contributed by atoms with Crippen LogP contribution in [-0.4, -0.2) is 9.38 Å². The second kappa shape index (κ2) is 13.6. The Balaban J connectivity index is 0.983. The first-order chi connectivity index (χ1) is 33.0. The number of nitrogens with zero attached hydrogens (tertiary/aromatic N) is 2. The number of fused-ring (bicyclic) bond motifs is 12. The first-order valence-electron chi connectivity index (χ1n) is 24.2. The maximum absolute atomic E-state index is 4.89. The highest BCUT2D eigenvalue weighted by Crippen LogP contribution is 2.57. The molecule has 0 bridgehead atoms. The number of hydrogen-bond acceptors (Lipinski definition) is 1. The van der Waals surface area contributed by atoms with Crippen molar-refractivity contribution in [2.45, 2.75) is 57.8 Å². The van der Waals surface area contributed by atoms with Gasteiger partial charge in [-0.05, 0) is 164 Å². The molecule has 0 unspecified atom stereocenters. The van der Waals surface area contributed by atoms with Crippen LogP contribution in [0.25, 0.3) is 105 Å². The zero-order valence-electron chi connectivity index (χ0n) is 39.4. The normalized spacial score (nSPS) is 15.3. The van der Waals surface area contributed by atoms with E-state index in [0.29, 0.717) is 0 Å². The molecule has 11 aromatic rings. The van der Waals surface area contributed by atoms with E-state index in [0.717, 1.165) is 16.9 Å². The van der Waals surface area contributed by atoms with Crippen LogP contribution in [-0.2, 0) is 16.2 Å². The smallest absolute Gasteiger partial charge is 0.137 e. The van der Waals surface area contributed by atoms with Crippen molar-refractivity contribution in [1.29, 1.82) is 0 Å². The van der Waals surface area contributed by atoms with Crippen LogP contribution in [0.5, 0.6) is 0 Å². The highest BCUT2D eigenvalue weighted by molar-refractivity contribution is 6.23. The minimum absolute atomic E-state index is 0.112. The third-order valence-electron chi connectivity index (χ3n) is 16.4. The SMILES string of the molecule is CC1(C)c2ccccc2-c2ccc(-c3c4ccccc4c(-c4ccc5c(c4)C(C)(C)c4ccccc4-5)c4cc5c(cc34)-c3ccc(-c4ccc(-c6cn7ccccc7n6)cc4)cc3C5(C)C)cc21. The molecule has 0 fully saturated rings. The summed E-state index contributed by atoms with van der Waals surface area (Å²) >= 11 is 0. The van der Waals surface area contributed by atoms with Crippen molar-refractivity contribution < 1.29 is 0 Å². The summed E-state index contributed by atoms with van der Waals surface area (Å²) in [5.41, 5.74) is 26.5. The van der Waals surface area contributed by atoms with Crippen LogP contribution in [0.2, 0.25) is 0 Å². The Bertz CT molecular complexity index is 3950. The molecular formula is C66H50N2. The van der Waals surface area contributed by atoms with Gasteiger partial charge in [0.2, 0.25) is 0 Å². The zero-order valence-corrected chi connectivity index (χ0v) is 39.4. The Hall–Kier alpha value is -7.81. The maximum atomic E-state index is 4.89. The molecule has 0 saturated carbocycles. The fourth-order valence-electron chi connectivity index (χ4n) is 12.8. The van der Waals surface area contributed by atoms with E-state index in [2.05, 4.69) is 228 Å². The monoisotopic (exact) mass is 870 g/mol. The molecule has 14 rings (SSSR count). The number of imidazole rings is 1. The highest BCUT2D eigenvalue weighted by atomic mass is 15.0. The minimum Gasteiger partial charge on any atom is -0.306 e. The van der Waals surface area contributed by atoms with Gasteiger partial charge in [0.05, 0.1) is 5.69 Å². The van der Waals surface area contributed by atoms with Gasteiger partial charge in [0.25, 0.3) is 0 Å². The van der Waals surface area contributed by atoms with Crippen molar-refractivity contribution in [2.24, 2.45) is 0 Å². The van der Waals surface area contributed by atoms with Gasteiger partial charge in [0.15, 0.2) is 0 Å². The molecule has 2 nitrogen and oxygen atoms in total. The van der Waals surface area contributed by atoms with Crippen LogP contribution in [0.15, 0.2) is 194 Å². The van der Waals surface area contributed by atoms with E-state index < -0.39 is 0 Å². The van der Waals surface area contributed by atoms with Gasteiger partial charge in [-0.15, -0.1) is 0 Å². The Kier molecular flexibility index (Phi) is 7.90. The van der Waals surface area contributed by atoms with Gasteiger partial charge >= 0.3 is 0 Å². The van der Waals surface area contributed by atoms with Crippen molar-refractivity contribution in [1.82, 2.24) is 9.38 Å². The molecule has 3 aliphatic carbocycles. The summed E-state index contributed by atoms with van der Waals surface area (Å²) in [6.07, 6.45) is 4.16. The van der Waals surface area contributed by atoms with Crippen molar-refractivity contribution >= 4 is 27.2 Å². The predicted molar refractivity (Wildman–Crippen MR) is 285 cm³/mol. The molecule has 0 radical (unpaired) electrons. The van der Waals surface area contributed by atoms with E-state index in [1.54, 1.807) is 0 Å². The molecule has 3 aliphatic rings. The molecule has 324 valence electrons. The molecule has 0 saturated heterocycles. The average Bonchev–Trinajstić information content (AvgIpc) is 4.04. The highest BCUT2D eigenvalue weighted by Gasteiger charge is 2.39. The van der Waals surface area contributed by atoms with E-state index in [9.17, 15) is 0 Å². The third-order valence-corrected chi connectivity index (χ3v) is 16.4. The lowest BCUT2D eigenvalue weighted by Crippen LogP contribution is -2.15. The number of hydrogen-bond donors (Lipinski definition) is 0. The maximum Gasteiger partial charge on any atom is 0.137 e. The molecule has 0 atom stereocenters. The van der Waals surface area contributed by atoms with Gasteiger partial charge in [-0.25, -0.2) is 4.98 Å². The topological polar surface area (TPSA) is 17.3 Å². The molecule has 9 aromatic carbocycles. The Morgan fingerprint density at radius 1 is 0.324 bits per heavy atom. The van der Waals surface area contributed by atoms with E-state index in [1.807, 2.05) is 12.1 Å². The number of pyridine rings is 1. The average molecular weight is 871 g/mol. The summed E-state index contributed by atoms with van der Waals surface area (Å²) in [5.74, 6) is 0. The number of aromatic nitrogens is 2. The summed E-state index contributed by atoms with van der Waals surface area (Å²) in [5, 5.41) is 5.17. The van der Waals surface area contributed by atoms with Crippen LogP contribution in [0.3, 0.4) is 0 Å². The molecule has 2 heterocycles. The molecule has 0 aliphatic heterocycles. The lowest BCUT2D eigenvalue weighted by Gasteiger charge is -2.25. The second-order valence-corrected chi connectivity index (χ2v) is 21.2. The van der Waals surface area contributed by atoms with E-state index in [4.69, 9.17) is 4.98 Å². The van der Waals surface area contributed by atoms with Crippen molar-refractivity contribution in [3.05, 3.63) is 228 Å². The fraction of sp³-hybridized carbons (Fsp3) is 0.136. The molecular weight excluding hydrogens is 821 g/mol. The standard InChI is InChI=1S/C66H50N2/c1-64(2)54-19-11-9-15-44(54)46-30-27-42(34-57(46)64)62-49-17-7-8-18-50(49)63(43-28-31-47-45-16-10-12-20-55(45)65(3,4)58(47)35-43)53-37-59-51(36-52(53)62)48-29-26-41(33-56(48)66(59,5)6)39-22-24-40(25-23-39)60-38-68-32-14-13-21-61(68)67-60/h7-38H,1-6H3. The summed E-state index contributed by atoms with van der Waals surface area (Å²) in [6, 6.07) is 69.1. The summed E-state index contributed by atoms with van der Waals surface area (Å²) in [6.45, 7) is 14.4. The van der Waals surface area contributed by atoms with Crippen molar-refractivity contribution in [3.8, 4) is 78.0 Å². The summed E-state index contributed by atoms with van der Waals surface area (Å²) < 4.78 is 2.08. The van der Waals surface area contributed by atoms with Crippen LogP contribution in [0.4, 0.5) is 0 Å². The number of benzene rings is 9. The van der Waals surface area contributed by atoms with Crippen LogP contribution in [0, 0.1) is 0 Å². The minimum atomic E-state index is -0.237. The first-order valence-corrected chi connectivity index (χ1v) is 24.2. The zero-order chi connectivity index (χ0) is 45.8. The van der Waals surface area contributed by atoms with E-state index in [-0.39, 0.29) is 16.2 Å². The van der Waals surface area contributed by atoms with Crippen molar-refractivity contribution in [2.75, 3.05) is 0 Å². The quantitative estimate of drug-likeness (QED) is 0.161. The summed E-state index contributed by atoms with van der Waals surface area (Å²) in [7, 11) is 0. The largest absolute Gasteiger partial charge is 0.306 e.